The molecule has 1 saturated heterocycles. The Morgan fingerprint density at radius 1 is 1.63 bits per heavy atom. The van der Waals surface area contributed by atoms with Gasteiger partial charge in [0.05, 0.1) is 13.0 Å². The third-order valence-electron chi connectivity index (χ3n) is 3.06. The third-order valence-corrected chi connectivity index (χ3v) is 4.16. The van der Waals surface area contributed by atoms with Crippen molar-refractivity contribution in [1.82, 2.24) is 14.5 Å². The van der Waals surface area contributed by atoms with Gasteiger partial charge >= 0.3 is 12.5 Å². The number of alkyl halides is 2. The Morgan fingerprint density at radius 2 is 2.42 bits per heavy atom. The third kappa shape index (κ3) is 3.66. The highest BCUT2D eigenvalue weighted by molar-refractivity contribution is 7.99. The van der Waals surface area contributed by atoms with Crippen molar-refractivity contribution in [3.63, 3.8) is 0 Å². The molecule has 8 heteroatoms. The Labute approximate surface area is 113 Å². The molecule has 2 rings (SSSR count). The monoisotopic (exact) mass is 291 g/mol. The van der Waals surface area contributed by atoms with Gasteiger partial charge in [0, 0.05) is 36.5 Å². The van der Waals surface area contributed by atoms with E-state index in [1.165, 1.54) is 12.4 Å². The van der Waals surface area contributed by atoms with E-state index < -0.39 is 12.5 Å². The largest absolute Gasteiger partial charge is 0.481 e. The van der Waals surface area contributed by atoms with E-state index >= 15 is 0 Å². The fourth-order valence-electron chi connectivity index (χ4n) is 2.11. The van der Waals surface area contributed by atoms with Crippen LogP contribution >= 0.6 is 11.8 Å². The number of carboxylic acids is 1. The number of aromatic nitrogens is 2. The van der Waals surface area contributed by atoms with Crippen LogP contribution in [0.4, 0.5) is 8.78 Å². The predicted octanol–water partition coefficient (Wildman–Crippen LogP) is 1.67. The van der Waals surface area contributed by atoms with Gasteiger partial charge in [0.1, 0.15) is 5.82 Å². The van der Waals surface area contributed by atoms with Crippen molar-refractivity contribution >= 4 is 17.7 Å². The zero-order chi connectivity index (χ0) is 13.8. The summed E-state index contributed by atoms with van der Waals surface area (Å²) in [6.45, 7) is -1.66. The average Bonchev–Trinajstić information content (AvgIpc) is 2.79. The molecule has 0 amide bonds. The topological polar surface area (TPSA) is 58.4 Å². The maximum absolute atomic E-state index is 12.7. The fourth-order valence-corrected chi connectivity index (χ4v) is 3.24. The molecule has 1 aromatic heterocycles. The first kappa shape index (κ1) is 14.3. The molecule has 19 heavy (non-hydrogen) atoms. The average molecular weight is 291 g/mol. The van der Waals surface area contributed by atoms with E-state index in [2.05, 4.69) is 4.98 Å². The summed E-state index contributed by atoms with van der Waals surface area (Å²) in [7, 11) is 0. The molecule has 1 aliphatic heterocycles. The second-order valence-electron chi connectivity index (χ2n) is 4.33. The first-order valence-electron chi connectivity index (χ1n) is 5.91. The minimum absolute atomic E-state index is 0.0301. The van der Waals surface area contributed by atoms with Gasteiger partial charge in [-0.2, -0.15) is 20.5 Å². The van der Waals surface area contributed by atoms with Crippen LogP contribution in [0.25, 0.3) is 0 Å². The fraction of sp³-hybridized carbons (Fsp3) is 0.636. The molecule has 0 aliphatic carbocycles. The number of carboxylic acid groups (broad SMARTS) is 1. The summed E-state index contributed by atoms with van der Waals surface area (Å²) in [6.07, 6.45) is 2.61. The lowest BCUT2D eigenvalue weighted by atomic mass is 10.2. The highest BCUT2D eigenvalue weighted by atomic mass is 32.2. The first-order chi connectivity index (χ1) is 9.08. The second-order valence-corrected chi connectivity index (χ2v) is 5.48. The molecule has 1 aliphatic rings. The van der Waals surface area contributed by atoms with Crippen LogP contribution in [0.1, 0.15) is 18.8 Å². The molecule has 0 radical (unpaired) electrons. The van der Waals surface area contributed by atoms with Crippen LogP contribution in [-0.2, 0) is 11.3 Å². The highest BCUT2D eigenvalue weighted by Gasteiger charge is 2.26. The van der Waals surface area contributed by atoms with Gasteiger partial charge in [0.15, 0.2) is 0 Å². The standard InChI is InChI=1S/C11H15F2N3O2S/c12-11(13)16-2-1-14-9(16)6-15-3-4-19-7-8(15)5-10(17)18/h1-2,8,11H,3-7H2,(H,17,18). The Hall–Kier alpha value is -1.15. The van der Waals surface area contributed by atoms with E-state index in [4.69, 9.17) is 5.11 Å². The molecule has 1 aromatic rings. The van der Waals surface area contributed by atoms with Crippen molar-refractivity contribution in [2.24, 2.45) is 0 Å². The van der Waals surface area contributed by atoms with Gasteiger partial charge in [-0.05, 0) is 0 Å². The maximum Gasteiger partial charge on any atom is 0.319 e. The van der Waals surface area contributed by atoms with Crippen LogP contribution in [0.15, 0.2) is 12.4 Å². The lowest BCUT2D eigenvalue weighted by Crippen LogP contribution is -2.43. The van der Waals surface area contributed by atoms with Crippen LogP contribution < -0.4 is 0 Å². The van der Waals surface area contributed by atoms with Crippen molar-refractivity contribution in [1.29, 1.82) is 0 Å². The number of thioether (sulfide) groups is 1. The highest BCUT2D eigenvalue weighted by Crippen LogP contribution is 2.22. The molecule has 5 nitrogen and oxygen atoms in total. The van der Waals surface area contributed by atoms with Gasteiger partial charge in [0.2, 0.25) is 0 Å². The van der Waals surface area contributed by atoms with Crippen LogP contribution in [0.5, 0.6) is 0 Å². The van der Waals surface area contributed by atoms with Gasteiger partial charge in [-0.3, -0.25) is 14.3 Å². The number of halogens is 2. The van der Waals surface area contributed by atoms with Crippen LogP contribution in [0, 0.1) is 0 Å². The zero-order valence-corrected chi connectivity index (χ0v) is 11.0. The smallest absolute Gasteiger partial charge is 0.319 e. The van der Waals surface area contributed by atoms with Crippen LogP contribution in [-0.4, -0.2) is 49.6 Å². The number of aliphatic carboxylic acids is 1. The quantitative estimate of drug-likeness (QED) is 0.894. The van der Waals surface area contributed by atoms with Crippen molar-refractivity contribution in [3.8, 4) is 0 Å². The Balaban J connectivity index is 2.06. The number of nitrogens with zero attached hydrogens (tertiary/aromatic N) is 3. The lowest BCUT2D eigenvalue weighted by Gasteiger charge is -2.34. The number of hydrogen-bond donors (Lipinski definition) is 1. The lowest BCUT2D eigenvalue weighted by molar-refractivity contribution is -0.138. The van der Waals surface area contributed by atoms with Crippen LogP contribution in [0.3, 0.4) is 0 Å². The van der Waals surface area contributed by atoms with Crippen molar-refractivity contribution in [3.05, 3.63) is 18.2 Å². The number of imidazole rings is 1. The summed E-state index contributed by atoms with van der Waals surface area (Å²) < 4.78 is 26.3. The van der Waals surface area contributed by atoms with Gasteiger partial charge in [0.25, 0.3) is 0 Å². The molecule has 0 bridgehead atoms. The second kappa shape index (κ2) is 6.33. The van der Waals surface area contributed by atoms with E-state index in [0.717, 1.165) is 10.3 Å². The summed E-state index contributed by atoms with van der Waals surface area (Å²) in [5, 5.41) is 8.88. The minimum atomic E-state index is -2.62. The molecule has 1 N–H and O–H groups in total. The van der Waals surface area contributed by atoms with Crippen molar-refractivity contribution < 1.29 is 18.7 Å². The minimum Gasteiger partial charge on any atom is -0.481 e. The molecule has 0 aromatic carbocycles. The van der Waals surface area contributed by atoms with Crippen molar-refractivity contribution in [2.45, 2.75) is 25.6 Å². The van der Waals surface area contributed by atoms with Crippen LogP contribution in [0.2, 0.25) is 0 Å². The molecule has 1 fully saturated rings. The summed E-state index contributed by atoms with van der Waals surface area (Å²) in [5.41, 5.74) is 0. The predicted molar refractivity (Wildman–Crippen MR) is 67.3 cm³/mol. The maximum atomic E-state index is 12.7. The Morgan fingerprint density at radius 3 is 3.11 bits per heavy atom. The molecule has 1 unspecified atom stereocenters. The van der Waals surface area contributed by atoms with E-state index in [-0.39, 0.29) is 24.8 Å². The van der Waals surface area contributed by atoms with E-state index in [9.17, 15) is 13.6 Å². The number of hydrogen-bond acceptors (Lipinski definition) is 4. The molecular weight excluding hydrogens is 276 g/mol. The van der Waals surface area contributed by atoms with Crippen molar-refractivity contribution in [2.75, 3.05) is 18.1 Å². The van der Waals surface area contributed by atoms with Gasteiger partial charge in [-0.1, -0.05) is 0 Å². The van der Waals surface area contributed by atoms with Gasteiger partial charge in [-0.25, -0.2) is 4.98 Å². The van der Waals surface area contributed by atoms with E-state index in [1.54, 1.807) is 11.8 Å². The molecule has 0 spiro atoms. The first-order valence-corrected chi connectivity index (χ1v) is 7.07. The Kier molecular flexibility index (Phi) is 4.76. The molecular formula is C11H15F2N3O2S. The normalized spacial score (nSPS) is 20.9. The number of rotatable bonds is 5. The Bertz CT molecular complexity index is 441. The van der Waals surface area contributed by atoms with E-state index in [0.29, 0.717) is 12.3 Å². The summed E-state index contributed by atoms with van der Waals surface area (Å²) >= 11 is 1.69. The molecule has 106 valence electrons. The summed E-state index contributed by atoms with van der Waals surface area (Å²) in [6, 6.07) is -0.126. The summed E-state index contributed by atoms with van der Waals surface area (Å²) in [5.74, 6) is 1.000. The van der Waals surface area contributed by atoms with E-state index in [1.807, 2.05) is 4.90 Å². The molecule has 2 heterocycles. The van der Waals surface area contributed by atoms with Gasteiger partial charge < -0.3 is 5.11 Å². The molecule has 1 atom stereocenters. The van der Waals surface area contributed by atoms with Gasteiger partial charge in [-0.15, -0.1) is 0 Å². The SMILES string of the molecule is O=C(O)CC1CSCCN1Cc1nccn1C(F)F. The molecule has 0 saturated carbocycles. The zero-order valence-electron chi connectivity index (χ0n) is 10.2. The summed E-state index contributed by atoms with van der Waals surface area (Å²) in [4.78, 5) is 16.7. The number of carbonyl (C=O) groups is 1.